The molecule has 0 radical (unpaired) electrons. The van der Waals surface area contributed by atoms with E-state index in [-0.39, 0.29) is 5.91 Å². The highest BCUT2D eigenvalue weighted by atomic mass is 16.3. The third-order valence-corrected chi connectivity index (χ3v) is 5.25. The predicted molar refractivity (Wildman–Crippen MR) is 97.5 cm³/mol. The molecule has 1 amide bonds. The van der Waals surface area contributed by atoms with Gasteiger partial charge in [-0.2, -0.15) is 0 Å². The number of carbonyl (C=O) groups excluding carboxylic acids is 1. The van der Waals surface area contributed by atoms with E-state index in [4.69, 9.17) is 0 Å². The van der Waals surface area contributed by atoms with Crippen LogP contribution in [0.2, 0.25) is 0 Å². The van der Waals surface area contributed by atoms with E-state index in [1.54, 1.807) is 0 Å². The van der Waals surface area contributed by atoms with Crippen LogP contribution < -0.4 is 5.32 Å². The van der Waals surface area contributed by atoms with Crippen molar-refractivity contribution >= 4 is 22.4 Å². The Bertz CT molecular complexity index is 991. The molecule has 2 aliphatic heterocycles. The molecule has 5 rings (SSSR count). The lowest BCUT2D eigenvalue weighted by Gasteiger charge is -2.47. The second-order valence-corrected chi connectivity index (χ2v) is 7.01. The molecule has 0 spiro atoms. The minimum atomic E-state index is -0.864. The molecule has 25 heavy (non-hydrogen) atoms. The number of β-amino-alcohol motifs (C(OH)–C–C–N with tert-alkyl or cyclic N) is 1. The first kappa shape index (κ1) is 14.6. The lowest BCUT2D eigenvalue weighted by atomic mass is 9.82. The van der Waals surface area contributed by atoms with Gasteiger partial charge in [0.15, 0.2) is 0 Å². The van der Waals surface area contributed by atoms with Crippen LogP contribution >= 0.6 is 0 Å². The first-order chi connectivity index (χ1) is 12.1. The van der Waals surface area contributed by atoms with Gasteiger partial charge < -0.3 is 10.4 Å². The zero-order chi connectivity index (χ0) is 17.0. The highest BCUT2D eigenvalue weighted by Crippen LogP contribution is 2.41. The molecule has 4 nitrogen and oxygen atoms in total. The second-order valence-electron chi connectivity index (χ2n) is 7.01. The number of benzene rings is 3. The van der Waals surface area contributed by atoms with Gasteiger partial charge in [0.05, 0.1) is 0 Å². The fraction of sp³-hybridized carbons (Fsp3) is 0.190. The molecule has 124 valence electrons. The normalized spacial score (nSPS) is 18.2. The third-order valence-electron chi connectivity index (χ3n) is 5.25. The van der Waals surface area contributed by atoms with Crippen molar-refractivity contribution in [2.75, 3.05) is 18.4 Å². The van der Waals surface area contributed by atoms with Gasteiger partial charge in [-0.25, -0.2) is 0 Å². The summed E-state index contributed by atoms with van der Waals surface area (Å²) in [7, 11) is 0. The van der Waals surface area contributed by atoms with Crippen LogP contribution in [0, 0.1) is 0 Å². The fourth-order valence-corrected chi connectivity index (χ4v) is 4.11. The van der Waals surface area contributed by atoms with Crippen molar-refractivity contribution in [1.29, 1.82) is 0 Å². The van der Waals surface area contributed by atoms with E-state index in [2.05, 4.69) is 22.3 Å². The third kappa shape index (κ3) is 2.18. The molecule has 0 unspecified atom stereocenters. The average Bonchev–Trinajstić information content (AvgIpc) is 2.92. The molecule has 0 aromatic heterocycles. The van der Waals surface area contributed by atoms with Crippen LogP contribution in [-0.4, -0.2) is 29.0 Å². The molecule has 3 aromatic carbocycles. The van der Waals surface area contributed by atoms with Gasteiger partial charge in [0.2, 0.25) is 0 Å². The van der Waals surface area contributed by atoms with Gasteiger partial charge in [0.25, 0.3) is 5.91 Å². The van der Waals surface area contributed by atoms with Crippen LogP contribution in [0.5, 0.6) is 0 Å². The molecule has 2 N–H and O–H groups in total. The minimum Gasteiger partial charge on any atom is -0.382 e. The van der Waals surface area contributed by atoms with Crippen LogP contribution in [0.15, 0.2) is 60.7 Å². The molecule has 0 aliphatic carbocycles. The summed E-state index contributed by atoms with van der Waals surface area (Å²) in [4.78, 5) is 14.3. The number of anilines is 1. The largest absolute Gasteiger partial charge is 0.382 e. The Balaban J connectivity index is 1.47. The molecule has 2 aliphatic rings. The highest BCUT2D eigenvalue weighted by Gasteiger charge is 2.44. The monoisotopic (exact) mass is 330 g/mol. The van der Waals surface area contributed by atoms with E-state index in [0.29, 0.717) is 18.7 Å². The molecular weight excluding hydrogens is 312 g/mol. The van der Waals surface area contributed by atoms with Gasteiger partial charge in [-0.05, 0) is 28.6 Å². The van der Waals surface area contributed by atoms with Crippen molar-refractivity contribution < 1.29 is 9.90 Å². The summed E-state index contributed by atoms with van der Waals surface area (Å²) in [5, 5.41) is 15.9. The van der Waals surface area contributed by atoms with Gasteiger partial charge in [-0.15, -0.1) is 0 Å². The number of carbonyl (C=O) groups is 1. The lowest BCUT2D eigenvalue weighted by Crippen LogP contribution is -2.58. The Labute approximate surface area is 145 Å². The van der Waals surface area contributed by atoms with Crippen molar-refractivity contribution in [2.45, 2.75) is 12.1 Å². The first-order valence-electron chi connectivity index (χ1n) is 8.50. The Hall–Kier alpha value is -2.69. The van der Waals surface area contributed by atoms with Crippen LogP contribution in [0.1, 0.15) is 21.5 Å². The maximum Gasteiger partial charge on any atom is 0.256 e. The van der Waals surface area contributed by atoms with E-state index in [9.17, 15) is 9.90 Å². The number of nitrogens with one attached hydrogen (secondary N) is 1. The minimum absolute atomic E-state index is 0.0657. The molecule has 4 heteroatoms. The second kappa shape index (κ2) is 5.15. The molecule has 1 fully saturated rings. The summed E-state index contributed by atoms with van der Waals surface area (Å²) < 4.78 is 0. The smallest absolute Gasteiger partial charge is 0.256 e. The zero-order valence-corrected chi connectivity index (χ0v) is 13.7. The van der Waals surface area contributed by atoms with E-state index in [1.807, 2.05) is 48.5 Å². The summed E-state index contributed by atoms with van der Waals surface area (Å²) >= 11 is 0. The number of hydrogen-bond acceptors (Lipinski definition) is 3. The van der Waals surface area contributed by atoms with Crippen LogP contribution in [0.25, 0.3) is 10.8 Å². The number of aliphatic hydroxyl groups is 1. The first-order valence-corrected chi connectivity index (χ1v) is 8.50. The lowest BCUT2D eigenvalue weighted by molar-refractivity contribution is -0.106. The Morgan fingerprint density at radius 3 is 2.60 bits per heavy atom. The van der Waals surface area contributed by atoms with Crippen LogP contribution in [0.4, 0.5) is 5.69 Å². The molecule has 0 saturated carbocycles. The molecule has 0 bridgehead atoms. The van der Waals surface area contributed by atoms with Gasteiger partial charge in [0, 0.05) is 36.3 Å². The molecule has 2 heterocycles. The van der Waals surface area contributed by atoms with Crippen molar-refractivity contribution in [3.05, 3.63) is 77.4 Å². The molecular formula is C21H18N2O2. The molecule has 1 saturated heterocycles. The molecule has 3 aromatic rings. The maximum atomic E-state index is 12.1. The van der Waals surface area contributed by atoms with E-state index in [1.165, 1.54) is 5.56 Å². The van der Waals surface area contributed by atoms with E-state index >= 15 is 0 Å². The summed E-state index contributed by atoms with van der Waals surface area (Å²) in [5.74, 6) is -0.0657. The average molecular weight is 330 g/mol. The number of rotatable bonds is 3. The van der Waals surface area contributed by atoms with Crippen LogP contribution in [-0.2, 0) is 12.1 Å². The number of nitrogens with zero attached hydrogens (tertiary/aromatic N) is 1. The fourth-order valence-electron chi connectivity index (χ4n) is 4.11. The van der Waals surface area contributed by atoms with Crippen LogP contribution in [0.3, 0.4) is 0 Å². The zero-order valence-electron chi connectivity index (χ0n) is 13.7. The van der Waals surface area contributed by atoms with Gasteiger partial charge >= 0.3 is 0 Å². The van der Waals surface area contributed by atoms with Gasteiger partial charge in [-0.1, -0.05) is 48.5 Å². The van der Waals surface area contributed by atoms with Gasteiger partial charge in [0.1, 0.15) is 5.60 Å². The van der Waals surface area contributed by atoms with E-state index in [0.717, 1.165) is 28.6 Å². The summed E-state index contributed by atoms with van der Waals surface area (Å²) in [6, 6.07) is 19.9. The number of amides is 1. The predicted octanol–water partition coefficient (Wildman–Crippen LogP) is 3.11. The van der Waals surface area contributed by atoms with Crippen molar-refractivity contribution in [3.63, 3.8) is 0 Å². The summed E-state index contributed by atoms with van der Waals surface area (Å²) in [6.45, 7) is 2.04. The number of likely N-dealkylation sites (tertiary alicyclic amines) is 1. The summed E-state index contributed by atoms with van der Waals surface area (Å²) in [5.41, 5.74) is 2.83. The standard InChI is InChI=1S/C21H18N2O2/c24-20-16-9-10-17(15-7-4-8-18(22-20)19(15)16)21(25)12-23(13-21)11-14-5-2-1-3-6-14/h1-10,25H,11-13H2,(H,22,24). The van der Waals surface area contributed by atoms with Crippen molar-refractivity contribution in [1.82, 2.24) is 4.90 Å². The molecule has 0 atom stereocenters. The topological polar surface area (TPSA) is 52.6 Å². The van der Waals surface area contributed by atoms with Gasteiger partial charge in [-0.3, -0.25) is 9.69 Å². The quantitative estimate of drug-likeness (QED) is 0.776. The van der Waals surface area contributed by atoms with Crippen molar-refractivity contribution in [3.8, 4) is 0 Å². The van der Waals surface area contributed by atoms with Crippen molar-refractivity contribution in [2.24, 2.45) is 0 Å². The SMILES string of the molecule is O=C1Nc2cccc3c(C4(O)CN(Cc5ccccc5)C4)ccc1c23. The van der Waals surface area contributed by atoms with E-state index < -0.39 is 5.60 Å². The maximum absolute atomic E-state index is 12.1. The Kier molecular flexibility index (Phi) is 3.02. The highest BCUT2D eigenvalue weighted by molar-refractivity contribution is 6.24. The summed E-state index contributed by atoms with van der Waals surface area (Å²) in [6.07, 6.45) is 0. The Morgan fingerprint density at radius 1 is 1.00 bits per heavy atom. The Morgan fingerprint density at radius 2 is 1.80 bits per heavy atom. The number of hydrogen-bond donors (Lipinski definition) is 2.